The van der Waals surface area contributed by atoms with E-state index in [0.717, 1.165) is 23.0 Å². The van der Waals surface area contributed by atoms with Crippen LogP contribution in [0.25, 0.3) is 11.4 Å². The van der Waals surface area contributed by atoms with Crippen molar-refractivity contribution in [3.8, 4) is 11.4 Å². The Hall–Kier alpha value is -2.08. The molecule has 0 bridgehead atoms. The standard InChI is InChI=1S/C18H24N4OS/c1-5-10-19-17(23)14(4)24-18-21-20-16(22(18)11-6-2)15-9-7-8-13(3)12-15/h6-9,12,14H,2,5,10-11H2,1,3-4H3,(H,19,23). The van der Waals surface area contributed by atoms with Gasteiger partial charge in [0.2, 0.25) is 5.91 Å². The number of carbonyl (C=O) groups is 1. The van der Waals surface area contributed by atoms with Gasteiger partial charge in [-0.1, -0.05) is 48.5 Å². The van der Waals surface area contributed by atoms with Crippen LogP contribution in [0.15, 0.2) is 42.1 Å². The number of hydrogen-bond donors (Lipinski definition) is 1. The molecule has 0 aliphatic carbocycles. The van der Waals surface area contributed by atoms with Crippen LogP contribution in [0, 0.1) is 6.92 Å². The van der Waals surface area contributed by atoms with Crippen LogP contribution < -0.4 is 5.32 Å². The molecule has 0 fully saturated rings. The van der Waals surface area contributed by atoms with Crippen LogP contribution >= 0.6 is 11.8 Å². The number of nitrogens with one attached hydrogen (secondary N) is 1. The number of aromatic nitrogens is 3. The predicted molar refractivity (Wildman–Crippen MR) is 99.0 cm³/mol. The summed E-state index contributed by atoms with van der Waals surface area (Å²) in [5.74, 6) is 0.814. The minimum absolute atomic E-state index is 0.0205. The molecule has 1 atom stereocenters. The minimum Gasteiger partial charge on any atom is -0.355 e. The van der Waals surface area contributed by atoms with Crippen LogP contribution in [0.3, 0.4) is 0 Å². The summed E-state index contributed by atoms with van der Waals surface area (Å²) < 4.78 is 2.00. The van der Waals surface area contributed by atoms with Gasteiger partial charge in [0.25, 0.3) is 0 Å². The first-order chi connectivity index (χ1) is 11.6. The Morgan fingerprint density at radius 3 is 2.92 bits per heavy atom. The molecule has 0 aliphatic heterocycles. The highest BCUT2D eigenvalue weighted by atomic mass is 32.2. The second-order valence-corrected chi connectivity index (χ2v) is 6.93. The summed E-state index contributed by atoms with van der Waals surface area (Å²) in [5, 5.41) is 12.0. The van der Waals surface area contributed by atoms with Crippen molar-refractivity contribution in [2.24, 2.45) is 0 Å². The monoisotopic (exact) mass is 344 g/mol. The molecule has 0 spiro atoms. The summed E-state index contributed by atoms with van der Waals surface area (Å²) >= 11 is 1.42. The molecule has 0 saturated heterocycles. The number of benzene rings is 1. The Bertz CT molecular complexity index is 711. The van der Waals surface area contributed by atoms with E-state index in [-0.39, 0.29) is 11.2 Å². The fourth-order valence-corrected chi connectivity index (χ4v) is 3.15. The molecule has 1 amide bonds. The predicted octanol–water partition coefficient (Wildman–Crippen LogP) is 3.45. The quantitative estimate of drug-likeness (QED) is 0.589. The molecule has 1 heterocycles. The van der Waals surface area contributed by atoms with Crippen LogP contribution in [0.2, 0.25) is 0 Å². The van der Waals surface area contributed by atoms with Gasteiger partial charge in [-0.25, -0.2) is 0 Å². The molecule has 1 unspecified atom stereocenters. The van der Waals surface area contributed by atoms with Crippen LogP contribution in [-0.2, 0) is 11.3 Å². The van der Waals surface area contributed by atoms with Crippen molar-refractivity contribution in [3.05, 3.63) is 42.5 Å². The molecule has 1 N–H and O–H groups in total. The molecule has 0 aliphatic rings. The lowest BCUT2D eigenvalue weighted by atomic mass is 10.1. The second kappa shape index (κ2) is 8.68. The average molecular weight is 344 g/mol. The summed E-state index contributed by atoms with van der Waals surface area (Å²) in [6.07, 6.45) is 2.74. The lowest BCUT2D eigenvalue weighted by molar-refractivity contribution is -0.120. The van der Waals surface area contributed by atoms with E-state index in [1.165, 1.54) is 17.3 Å². The highest BCUT2D eigenvalue weighted by molar-refractivity contribution is 8.00. The van der Waals surface area contributed by atoms with Gasteiger partial charge in [0.05, 0.1) is 5.25 Å². The Morgan fingerprint density at radius 1 is 1.46 bits per heavy atom. The fourth-order valence-electron chi connectivity index (χ4n) is 2.27. The third kappa shape index (κ3) is 4.47. The molecule has 24 heavy (non-hydrogen) atoms. The van der Waals surface area contributed by atoms with Crippen molar-refractivity contribution in [1.29, 1.82) is 0 Å². The highest BCUT2D eigenvalue weighted by Gasteiger charge is 2.20. The number of allylic oxidation sites excluding steroid dienone is 1. The van der Waals surface area contributed by atoms with Crippen molar-refractivity contribution < 1.29 is 4.79 Å². The summed E-state index contributed by atoms with van der Waals surface area (Å²) in [5.41, 5.74) is 2.18. The molecule has 2 aromatic rings. The first-order valence-corrected chi connectivity index (χ1v) is 9.00. The Balaban J connectivity index is 2.25. The Morgan fingerprint density at radius 2 is 2.25 bits per heavy atom. The zero-order valence-electron chi connectivity index (χ0n) is 14.5. The van der Waals surface area contributed by atoms with Gasteiger partial charge in [0, 0.05) is 18.7 Å². The number of rotatable bonds is 8. The van der Waals surface area contributed by atoms with Crippen molar-refractivity contribution in [2.75, 3.05) is 6.54 Å². The van der Waals surface area contributed by atoms with Gasteiger partial charge in [-0.3, -0.25) is 9.36 Å². The topological polar surface area (TPSA) is 59.8 Å². The van der Waals surface area contributed by atoms with Crippen LogP contribution in [-0.4, -0.2) is 32.5 Å². The van der Waals surface area contributed by atoms with Crippen molar-refractivity contribution in [2.45, 2.75) is 44.1 Å². The molecule has 1 aromatic carbocycles. The smallest absolute Gasteiger partial charge is 0.233 e. The SMILES string of the molecule is C=CCn1c(SC(C)C(=O)NCCC)nnc1-c1cccc(C)c1. The molecular formula is C18H24N4OS. The van der Waals surface area contributed by atoms with Crippen molar-refractivity contribution in [3.63, 3.8) is 0 Å². The molecule has 0 radical (unpaired) electrons. The van der Waals surface area contributed by atoms with Gasteiger partial charge >= 0.3 is 0 Å². The summed E-state index contributed by atoms with van der Waals surface area (Å²) in [7, 11) is 0. The zero-order chi connectivity index (χ0) is 17.5. The van der Waals surface area contributed by atoms with Crippen LogP contribution in [0.4, 0.5) is 0 Å². The number of aryl methyl sites for hydroxylation is 1. The number of carbonyl (C=O) groups excluding carboxylic acids is 1. The number of amides is 1. The first kappa shape index (κ1) is 18.3. The average Bonchev–Trinajstić information content (AvgIpc) is 2.95. The fraction of sp³-hybridized carbons (Fsp3) is 0.389. The molecule has 128 valence electrons. The van der Waals surface area contributed by atoms with Gasteiger partial charge in [0.15, 0.2) is 11.0 Å². The third-order valence-electron chi connectivity index (χ3n) is 3.51. The minimum atomic E-state index is -0.227. The largest absolute Gasteiger partial charge is 0.355 e. The van der Waals surface area contributed by atoms with Gasteiger partial charge in [0.1, 0.15) is 0 Å². The molecule has 2 rings (SSSR count). The Labute approximate surface area is 147 Å². The van der Waals surface area contributed by atoms with Gasteiger partial charge in [-0.15, -0.1) is 16.8 Å². The molecule has 5 nitrogen and oxygen atoms in total. The lowest BCUT2D eigenvalue weighted by Crippen LogP contribution is -2.31. The van der Waals surface area contributed by atoms with Gasteiger partial charge in [-0.05, 0) is 26.3 Å². The molecule has 1 aromatic heterocycles. The third-order valence-corrected chi connectivity index (χ3v) is 4.59. The van der Waals surface area contributed by atoms with E-state index in [4.69, 9.17) is 0 Å². The van der Waals surface area contributed by atoms with E-state index in [1.807, 2.05) is 49.6 Å². The summed E-state index contributed by atoms with van der Waals surface area (Å²) in [6.45, 7) is 11.1. The van der Waals surface area contributed by atoms with E-state index < -0.39 is 0 Å². The van der Waals surface area contributed by atoms with Crippen molar-refractivity contribution in [1.82, 2.24) is 20.1 Å². The molecular weight excluding hydrogens is 320 g/mol. The maximum Gasteiger partial charge on any atom is 0.233 e. The van der Waals surface area contributed by atoms with E-state index in [0.29, 0.717) is 13.1 Å². The van der Waals surface area contributed by atoms with Crippen LogP contribution in [0.5, 0.6) is 0 Å². The molecule has 0 saturated carbocycles. The van der Waals surface area contributed by atoms with Gasteiger partial charge in [-0.2, -0.15) is 0 Å². The van der Waals surface area contributed by atoms with Crippen LogP contribution in [0.1, 0.15) is 25.8 Å². The second-order valence-electron chi connectivity index (χ2n) is 5.63. The highest BCUT2D eigenvalue weighted by Crippen LogP contribution is 2.27. The normalized spacial score (nSPS) is 12.0. The Kier molecular flexibility index (Phi) is 6.61. The van der Waals surface area contributed by atoms with E-state index >= 15 is 0 Å². The number of hydrogen-bond acceptors (Lipinski definition) is 4. The summed E-state index contributed by atoms with van der Waals surface area (Å²) in [4.78, 5) is 12.1. The zero-order valence-corrected chi connectivity index (χ0v) is 15.3. The maximum absolute atomic E-state index is 12.1. The number of nitrogens with zero attached hydrogens (tertiary/aromatic N) is 3. The van der Waals surface area contributed by atoms with E-state index in [2.05, 4.69) is 28.2 Å². The van der Waals surface area contributed by atoms with Crippen molar-refractivity contribution >= 4 is 17.7 Å². The molecule has 6 heteroatoms. The summed E-state index contributed by atoms with van der Waals surface area (Å²) in [6, 6.07) is 8.15. The lowest BCUT2D eigenvalue weighted by Gasteiger charge is -2.12. The van der Waals surface area contributed by atoms with E-state index in [1.54, 1.807) is 0 Å². The first-order valence-electron chi connectivity index (χ1n) is 8.12. The van der Waals surface area contributed by atoms with E-state index in [9.17, 15) is 4.79 Å². The number of thioether (sulfide) groups is 1. The maximum atomic E-state index is 12.1. The van der Waals surface area contributed by atoms with Gasteiger partial charge < -0.3 is 5.32 Å².